The monoisotopic (exact) mass is 415 g/mol. The average Bonchev–Trinajstić information content (AvgIpc) is 3.41. The number of hydrogen-bond acceptors (Lipinski definition) is 6. The summed E-state index contributed by atoms with van der Waals surface area (Å²) in [5.74, 6) is 0.844. The molecule has 0 atom stereocenters. The molecule has 5 heterocycles. The summed E-state index contributed by atoms with van der Waals surface area (Å²) in [6.45, 7) is 1.38. The maximum Gasteiger partial charge on any atom is 0.237 e. The normalized spacial score (nSPS) is 15.1. The van der Waals surface area contributed by atoms with E-state index in [0.29, 0.717) is 35.7 Å². The van der Waals surface area contributed by atoms with Gasteiger partial charge in [-0.3, -0.25) is 9.55 Å². The fraction of sp³-hybridized carbons (Fsp3) is 0.227. The van der Waals surface area contributed by atoms with Crippen LogP contribution in [0.3, 0.4) is 0 Å². The highest BCUT2D eigenvalue weighted by atomic mass is 19.1. The van der Waals surface area contributed by atoms with E-state index in [1.165, 1.54) is 12.1 Å². The number of benzene rings is 1. The van der Waals surface area contributed by atoms with Gasteiger partial charge < -0.3 is 9.30 Å². The second-order valence-corrected chi connectivity index (χ2v) is 7.49. The van der Waals surface area contributed by atoms with Crippen LogP contribution in [0.15, 0.2) is 55.1 Å². The predicted octanol–water partition coefficient (Wildman–Crippen LogP) is 3.72. The quantitative estimate of drug-likeness (QED) is 0.447. The molecule has 0 spiro atoms. The summed E-state index contributed by atoms with van der Waals surface area (Å²) in [4.78, 5) is 23.0. The van der Waals surface area contributed by atoms with Crippen molar-refractivity contribution < 1.29 is 9.13 Å². The highest BCUT2D eigenvalue weighted by Gasteiger charge is 2.25. The zero-order valence-corrected chi connectivity index (χ0v) is 16.5. The van der Waals surface area contributed by atoms with Gasteiger partial charge in [0.05, 0.1) is 17.2 Å². The van der Waals surface area contributed by atoms with Crippen molar-refractivity contribution in [2.24, 2.45) is 0 Å². The first kappa shape index (κ1) is 18.1. The molecule has 4 aromatic heterocycles. The Morgan fingerprint density at radius 1 is 0.968 bits per heavy atom. The average molecular weight is 415 g/mol. The Balaban J connectivity index is 1.57. The summed E-state index contributed by atoms with van der Waals surface area (Å²) in [5.41, 5.74) is 3.48. The number of imidazole rings is 2. The van der Waals surface area contributed by atoms with Gasteiger partial charge in [-0.25, -0.2) is 19.3 Å². The Bertz CT molecular complexity index is 1390. The molecule has 1 aliphatic heterocycles. The van der Waals surface area contributed by atoms with Gasteiger partial charge in [0.1, 0.15) is 23.4 Å². The first-order chi connectivity index (χ1) is 15.3. The molecule has 0 bridgehead atoms. The number of fused-ring (bicyclic) bond motifs is 2. The first-order valence-corrected chi connectivity index (χ1v) is 10.1. The van der Waals surface area contributed by atoms with Crippen molar-refractivity contribution >= 4 is 22.2 Å². The highest BCUT2D eigenvalue weighted by molar-refractivity contribution is 5.79. The van der Waals surface area contributed by atoms with Gasteiger partial charge in [0.15, 0.2) is 11.5 Å². The number of ether oxygens (including phenoxy) is 1. The molecule has 6 rings (SSSR count). The van der Waals surface area contributed by atoms with Gasteiger partial charge >= 0.3 is 0 Å². The third-order valence-corrected chi connectivity index (χ3v) is 5.59. The molecule has 9 heteroatoms. The summed E-state index contributed by atoms with van der Waals surface area (Å²) >= 11 is 0. The summed E-state index contributed by atoms with van der Waals surface area (Å²) in [6, 6.07) is 10.4. The van der Waals surface area contributed by atoms with Crippen molar-refractivity contribution in [1.82, 2.24) is 34.1 Å². The molecule has 1 aliphatic rings. The van der Waals surface area contributed by atoms with E-state index in [0.717, 1.165) is 30.0 Å². The maximum absolute atomic E-state index is 13.8. The summed E-state index contributed by atoms with van der Waals surface area (Å²) in [5, 5.41) is 0. The van der Waals surface area contributed by atoms with Crippen LogP contribution in [0.25, 0.3) is 39.7 Å². The van der Waals surface area contributed by atoms with E-state index in [2.05, 4.69) is 19.5 Å². The van der Waals surface area contributed by atoms with Crippen molar-refractivity contribution in [1.29, 1.82) is 0 Å². The standard InChI is InChI=1S/C22H18FN7O/c23-14-4-5-16-19(11-14)29(13-26-16)22-25-12-18-21(28-22)30(15-6-9-31-10-7-15)20(27-18)17-3-1-2-8-24-17/h1-5,8,11-13,15H,6-7,9-10H2. The third kappa shape index (κ3) is 3.05. The van der Waals surface area contributed by atoms with Crippen LogP contribution in [0.5, 0.6) is 0 Å². The molecule has 1 saturated heterocycles. The lowest BCUT2D eigenvalue weighted by atomic mass is 10.1. The third-order valence-electron chi connectivity index (χ3n) is 5.59. The van der Waals surface area contributed by atoms with Gasteiger partial charge in [-0.05, 0) is 37.1 Å². The van der Waals surface area contributed by atoms with E-state index in [4.69, 9.17) is 14.7 Å². The first-order valence-electron chi connectivity index (χ1n) is 10.1. The molecular formula is C22H18FN7O. The van der Waals surface area contributed by atoms with Crippen LogP contribution >= 0.6 is 0 Å². The van der Waals surface area contributed by atoms with E-state index in [-0.39, 0.29) is 11.9 Å². The van der Waals surface area contributed by atoms with Crippen molar-refractivity contribution in [3.05, 3.63) is 60.9 Å². The minimum atomic E-state index is -0.333. The second-order valence-electron chi connectivity index (χ2n) is 7.49. The molecule has 1 fully saturated rings. The molecule has 5 aromatic rings. The van der Waals surface area contributed by atoms with Gasteiger partial charge in [0.25, 0.3) is 0 Å². The van der Waals surface area contributed by atoms with Crippen LogP contribution in [-0.2, 0) is 4.74 Å². The predicted molar refractivity (Wildman–Crippen MR) is 112 cm³/mol. The maximum atomic E-state index is 13.8. The van der Waals surface area contributed by atoms with Crippen molar-refractivity contribution in [3.8, 4) is 17.5 Å². The van der Waals surface area contributed by atoms with Gasteiger partial charge in [0.2, 0.25) is 5.95 Å². The van der Waals surface area contributed by atoms with Crippen molar-refractivity contribution in [3.63, 3.8) is 0 Å². The molecule has 0 N–H and O–H groups in total. The molecule has 0 aliphatic carbocycles. The topological polar surface area (TPSA) is 83.5 Å². The van der Waals surface area contributed by atoms with Gasteiger partial charge in [-0.1, -0.05) is 6.07 Å². The summed E-state index contributed by atoms with van der Waals surface area (Å²) in [7, 11) is 0. The van der Waals surface area contributed by atoms with E-state index in [9.17, 15) is 4.39 Å². The van der Waals surface area contributed by atoms with E-state index in [1.54, 1.807) is 29.4 Å². The van der Waals surface area contributed by atoms with Crippen molar-refractivity contribution in [2.75, 3.05) is 13.2 Å². The molecule has 1 aromatic carbocycles. The van der Waals surface area contributed by atoms with Crippen LogP contribution in [0, 0.1) is 5.82 Å². The number of rotatable bonds is 3. The zero-order valence-electron chi connectivity index (χ0n) is 16.5. The fourth-order valence-corrected chi connectivity index (χ4v) is 4.10. The van der Waals surface area contributed by atoms with Gasteiger partial charge in [-0.2, -0.15) is 4.98 Å². The molecule has 0 radical (unpaired) electrons. The molecule has 8 nitrogen and oxygen atoms in total. The lowest BCUT2D eigenvalue weighted by molar-refractivity contribution is 0.0708. The molecule has 0 saturated carbocycles. The Hall–Kier alpha value is -3.72. The van der Waals surface area contributed by atoms with Crippen LogP contribution in [0.4, 0.5) is 4.39 Å². The van der Waals surface area contributed by atoms with Gasteiger partial charge in [-0.15, -0.1) is 0 Å². The zero-order chi connectivity index (χ0) is 20.8. The lowest BCUT2D eigenvalue weighted by Crippen LogP contribution is -2.21. The highest BCUT2D eigenvalue weighted by Crippen LogP contribution is 2.31. The Kier molecular flexibility index (Phi) is 4.20. The summed E-state index contributed by atoms with van der Waals surface area (Å²) < 4.78 is 23.3. The molecule has 154 valence electrons. The molecule has 0 amide bonds. The Morgan fingerprint density at radius 3 is 2.71 bits per heavy atom. The lowest BCUT2D eigenvalue weighted by Gasteiger charge is -2.25. The number of pyridine rings is 1. The fourth-order valence-electron chi connectivity index (χ4n) is 4.10. The van der Waals surface area contributed by atoms with Crippen LogP contribution in [0.1, 0.15) is 18.9 Å². The minimum Gasteiger partial charge on any atom is -0.381 e. The molecule has 0 unspecified atom stereocenters. The number of nitrogens with zero attached hydrogens (tertiary/aromatic N) is 7. The number of aromatic nitrogens is 7. The SMILES string of the molecule is Fc1ccc2ncn(-c3ncc4nc(-c5ccccn5)n(C5CCOCC5)c4n3)c2c1. The number of hydrogen-bond donors (Lipinski definition) is 0. The van der Waals surface area contributed by atoms with E-state index in [1.807, 2.05) is 18.2 Å². The van der Waals surface area contributed by atoms with Crippen molar-refractivity contribution in [2.45, 2.75) is 18.9 Å². The minimum absolute atomic E-state index is 0.190. The number of halogens is 1. The summed E-state index contributed by atoms with van der Waals surface area (Å²) in [6.07, 6.45) is 6.80. The molecule has 31 heavy (non-hydrogen) atoms. The van der Waals surface area contributed by atoms with Gasteiger partial charge in [0, 0.05) is 31.5 Å². The van der Waals surface area contributed by atoms with Crippen LogP contribution in [0.2, 0.25) is 0 Å². The van der Waals surface area contributed by atoms with E-state index >= 15 is 0 Å². The second kappa shape index (κ2) is 7.21. The molecular weight excluding hydrogens is 397 g/mol. The van der Waals surface area contributed by atoms with Crippen LogP contribution in [-0.4, -0.2) is 47.3 Å². The smallest absolute Gasteiger partial charge is 0.237 e. The Labute approximate surface area is 176 Å². The largest absolute Gasteiger partial charge is 0.381 e. The van der Waals surface area contributed by atoms with E-state index < -0.39 is 0 Å². The Morgan fingerprint density at radius 2 is 1.87 bits per heavy atom. The van der Waals surface area contributed by atoms with Crippen LogP contribution < -0.4 is 0 Å².